The van der Waals surface area contributed by atoms with Gasteiger partial charge >= 0.3 is 0 Å². The minimum Gasteiger partial charge on any atom is -0.0881 e. The molecule has 0 radical (unpaired) electrons. The topological polar surface area (TPSA) is 0 Å². The highest BCUT2D eigenvalue weighted by atomic mass is 31.1. The first-order valence-corrected chi connectivity index (χ1v) is 10.4. The maximum Gasteiger partial charge on any atom is 0.00501 e. The average molecular weight is 308 g/mol. The molecule has 22 heavy (non-hydrogen) atoms. The highest BCUT2D eigenvalue weighted by Gasteiger charge is 2.42. The van der Waals surface area contributed by atoms with Crippen LogP contribution in [0.4, 0.5) is 0 Å². The van der Waals surface area contributed by atoms with Crippen molar-refractivity contribution in [1.29, 1.82) is 0 Å². The summed E-state index contributed by atoms with van der Waals surface area (Å²) in [5.41, 5.74) is 5.90. The van der Waals surface area contributed by atoms with E-state index in [4.69, 9.17) is 0 Å². The summed E-state index contributed by atoms with van der Waals surface area (Å²) in [5, 5.41) is 0. The number of hydrogen-bond acceptors (Lipinski definition) is 0. The largest absolute Gasteiger partial charge is 0.0881 e. The second-order valence-electron chi connectivity index (χ2n) is 6.82. The Kier molecular flexibility index (Phi) is 4.30. The van der Waals surface area contributed by atoms with Crippen molar-refractivity contribution in [2.75, 3.05) is 0 Å². The van der Waals surface area contributed by atoms with Gasteiger partial charge in [0.05, 0.1) is 0 Å². The first-order chi connectivity index (χ1) is 10.9. The lowest BCUT2D eigenvalue weighted by atomic mass is 10.0. The predicted octanol–water partition coefficient (Wildman–Crippen LogP) is 6.69. The van der Waals surface area contributed by atoms with E-state index in [1.54, 1.807) is 11.1 Å². The molecular weight excluding hydrogens is 283 g/mol. The van der Waals surface area contributed by atoms with Gasteiger partial charge in [0.15, 0.2) is 0 Å². The first-order valence-electron chi connectivity index (χ1n) is 8.81. The van der Waals surface area contributed by atoms with Crippen LogP contribution in [0.3, 0.4) is 0 Å². The Labute approximate surface area is 135 Å². The SMILES string of the molecule is c1ccc([C@H]2CC[C@H](c3ccccc3)P2C2CCCC2)cc1. The van der Waals surface area contributed by atoms with Gasteiger partial charge in [0.25, 0.3) is 0 Å². The molecule has 0 spiro atoms. The fraction of sp³-hybridized carbons (Fsp3) is 0.429. The molecule has 0 nitrogen and oxygen atoms in total. The van der Waals surface area contributed by atoms with E-state index in [0.717, 1.165) is 17.0 Å². The summed E-state index contributed by atoms with van der Waals surface area (Å²) >= 11 is 0. The van der Waals surface area contributed by atoms with E-state index in [1.807, 2.05) is 0 Å². The van der Waals surface area contributed by atoms with Crippen molar-refractivity contribution >= 4 is 7.92 Å². The first kappa shape index (κ1) is 14.5. The molecule has 1 heterocycles. The van der Waals surface area contributed by atoms with Crippen LogP contribution in [-0.4, -0.2) is 5.66 Å². The van der Waals surface area contributed by atoms with Crippen molar-refractivity contribution in [3.8, 4) is 0 Å². The number of benzene rings is 2. The molecule has 1 heteroatoms. The summed E-state index contributed by atoms with van der Waals surface area (Å²) < 4.78 is 0. The summed E-state index contributed by atoms with van der Waals surface area (Å²) in [7, 11) is 0.0743. The molecule has 2 aromatic rings. The molecule has 2 fully saturated rings. The fourth-order valence-corrected chi connectivity index (χ4v) is 8.91. The standard InChI is InChI=1S/C21H25P/c1-3-9-17(10-4-1)20-15-16-21(18-11-5-2-6-12-18)22(20)19-13-7-8-14-19/h1-6,9-12,19-21H,7-8,13-16H2/t20-,21-/m1/s1. The molecule has 2 atom stereocenters. The second kappa shape index (κ2) is 6.55. The van der Waals surface area contributed by atoms with Crippen molar-refractivity contribution in [2.24, 2.45) is 0 Å². The molecule has 1 aliphatic heterocycles. The lowest BCUT2D eigenvalue weighted by molar-refractivity contribution is 0.765. The van der Waals surface area contributed by atoms with Crippen molar-refractivity contribution in [1.82, 2.24) is 0 Å². The lowest BCUT2D eigenvalue weighted by Crippen LogP contribution is -2.06. The molecule has 2 aromatic carbocycles. The summed E-state index contributed by atoms with van der Waals surface area (Å²) in [5.74, 6) is 0. The molecule has 0 aromatic heterocycles. The summed E-state index contributed by atoms with van der Waals surface area (Å²) in [4.78, 5) is 0. The smallest absolute Gasteiger partial charge is 0.00501 e. The Morgan fingerprint density at radius 3 is 1.50 bits per heavy atom. The second-order valence-corrected chi connectivity index (χ2v) is 9.69. The third kappa shape index (κ3) is 2.74. The Balaban J connectivity index is 1.68. The van der Waals surface area contributed by atoms with E-state index >= 15 is 0 Å². The molecule has 0 unspecified atom stereocenters. The molecule has 0 N–H and O–H groups in total. The molecule has 2 aliphatic rings. The molecule has 1 saturated carbocycles. The van der Waals surface area contributed by atoms with E-state index in [0.29, 0.717) is 0 Å². The lowest BCUT2D eigenvalue weighted by Gasteiger charge is -2.32. The van der Waals surface area contributed by atoms with Crippen LogP contribution in [-0.2, 0) is 0 Å². The Morgan fingerprint density at radius 2 is 1.05 bits per heavy atom. The number of rotatable bonds is 3. The van der Waals surface area contributed by atoms with Crippen LogP contribution < -0.4 is 0 Å². The predicted molar refractivity (Wildman–Crippen MR) is 96.8 cm³/mol. The maximum atomic E-state index is 2.38. The molecular formula is C21H25P. The monoisotopic (exact) mass is 308 g/mol. The van der Waals surface area contributed by atoms with Gasteiger partial charge in [-0.05, 0) is 42.5 Å². The maximum absolute atomic E-state index is 2.38. The normalized spacial score (nSPS) is 26.5. The van der Waals surface area contributed by atoms with Gasteiger partial charge in [0.1, 0.15) is 0 Å². The van der Waals surface area contributed by atoms with Crippen molar-refractivity contribution in [2.45, 2.75) is 55.5 Å². The van der Waals surface area contributed by atoms with Crippen LogP contribution in [0.15, 0.2) is 60.7 Å². The van der Waals surface area contributed by atoms with E-state index in [1.165, 1.54) is 38.5 Å². The molecule has 114 valence electrons. The van der Waals surface area contributed by atoms with Crippen LogP contribution in [0.2, 0.25) is 0 Å². The minimum absolute atomic E-state index is 0.0743. The van der Waals surface area contributed by atoms with E-state index in [2.05, 4.69) is 60.7 Å². The van der Waals surface area contributed by atoms with Crippen LogP contribution in [0.5, 0.6) is 0 Å². The highest BCUT2D eigenvalue weighted by Crippen LogP contribution is 2.74. The van der Waals surface area contributed by atoms with Gasteiger partial charge in [-0.2, -0.15) is 0 Å². The zero-order chi connectivity index (χ0) is 14.8. The highest BCUT2D eigenvalue weighted by molar-refractivity contribution is 7.59. The van der Waals surface area contributed by atoms with Crippen molar-refractivity contribution in [3.63, 3.8) is 0 Å². The Hall–Kier alpha value is -1.13. The van der Waals surface area contributed by atoms with Gasteiger partial charge in [-0.25, -0.2) is 0 Å². The van der Waals surface area contributed by atoms with Gasteiger partial charge < -0.3 is 0 Å². The Morgan fingerprint density at radius 1 is 0.591 bits per heavy atom. The third-order valence-corrected chi connectivity index (χ3v) is 9.46. The van der Waals surface area contributed by atoms with Crippen molar-refractivity contribution in [3.05, 3.63) is 71.8 Å². The molecule has 0 bridgehead atoms. The van der Waals surface area contributed by atoms with E-state index < -0.39 is 0 Å². The van der Waals surface area contributed by atoms with E-state index in [9.17, 15) is 0 Å². The molecule has 4 rings (SSSR count). The summed E-state index contributed by atoms with van der Waals surface area (Å²) in [6, 6.07) is 22.7. The molecule has 1 aliphatic carbocycles. The third-order valence-electron chi connectivity index (χ3n) is 5.55. The average Bonchev–Trinajstić information content (AvgIpc) is 3.25. The summed E-state index contributed by atoms with van der Waals surface area (Å²) in [6.45, 7) is 0. The Bertz CT molecular complexity index is 538. The van der Waals surface area contributed by atoms with Gasteiger partial charge in [-0.3, -0.25) is 0 Å². The van der Waals surface area contributed by atoms with Gasteiger partial charge in [-0.1, -0.05) is 81.4 Å². The zero-order valence-electron chi connectivity index (χ0n) is 13.2. The molecule has 0 amide bonds. The van der Waals surface area contributed by atoms with Crippen LogP contribution in [0.1, 0.15) is 61.0 Å². The fourth-order valence-electron chi connectivity index (χ4n) is 4.57. The van der Waals surface area contributed by atoms with Crippen molar-refractivity contribution < 1.29 is 0 Å². The minimum atomic E-state index is 0.0743. The quantitative estimate of drug-likeness (QED) is 0.554. The van der Waals surface area contributed by atoms with Crippen LogP contribution in [0, 0.1) is 0 Å². The van der Waals surface area contributed by atoms with Gasteiger partial charge in [-0.15, -0.1) is 0 Å². The zero-order valence-corrected chi connectivity index (χ0v) is 14.1. The van der Waals surface area contributed by atoms with Gasteiger partial charge in [0.2, 0.25) is 0 Å². The van der Waals surface area contributed by atoms with E-state index in [-0.39, 0.29) is 7.92 Å². The van der Waals surface area contributed by atoms with Crippen LogP contribution in [0.25, 0.3) is 0 Å². The molecule has 1 saturated heterocycles. The van der Waals surface area contributed by atoms with Gasteiger partial charge in [0, 0.05) is 11.3 Å². The van der Waals surface area contributed by atoms with Crippen LogP contribution >= 0.6 is 7.92 Å². The summed E-state index contributed by atoms with van der Waals surface area (Å²) in [6.07, 6.45) is 8.69. The number of hydrogen-bond donors (Lipinski definition) is 0.